The third-order valence-electron chi connectivity index (χ3n) is 2.63. The molecular formula is C12H6F4N2O. The van der Waals surface area contributed by atoms with E-state index in [1.165, 1.54) is 18.2 Å². The van der Waals surface area contributed by atoms with Crippen LogP contribution in [0.25, 0.3) is 10.9 Å². The molecule has 7 heteroatoms. The molecule has 2 rings (SSSR count). The van der Waals surface area contributed by atoms with Crippen LogP contribution in [0.1, 0.15) is 15.9 Å². The topological polar surface area (TPSA) is 56.6 Å². The summed E-state index contributed by atoms with van der Waals surface area (Å²) in [5.41, 5.74) is -0.105. The number of benzene rings is 1. The first-order valence-corrected chi connectivity index (χ1v) is 5.10. The van der Waals surface area contributed by atoms with Gasteiger partial charge in [0.15, 0.2) is 0 Å². The summed E-state index contributed by atoms with van der Waals surface area (Å²) < 4.78 is 50.4. The number of nitrogens with zero attached hydrogens (tertiary/aromatic N) is 1. The number of hydrogen-bond donors (Lipinski definition) is 1. The number of aromatic nitrogens is 1. The number of carbonyl (C=O) groups is 1. The summed E-state index contributed by atoms with van der Waals surface area (Å²) in [4.78, 5) is 14.0. The van der Waals surface area contributed by atoms with Crippen molar-refractivity contribution < 1.29 is 22.4 Å². The summed E-state index contributed by atoms with van der Waals surface area (Å²) >= 11 is 0. The summed E-state index contributed by atoms with van der Waals surface area (Å²) in [6.07, 6.45) is -3.14. The zero-order chi connectivity index (χ0) is 14.2. The number of fused-ring (bicyclic) bond motifs is 1. The lowest BCUT2D eigenvalue weighted by atomic mass is 10.0. The number of aromatic amines is 1. The molecule has 3 nitrogen and oxygen atoms in total. The van der Waals surface area contributed by atoms with Crippen LogP contribution in [-0.2, 0) is 0 Å². The second-order valence-electron chi connectivity index (χ2n) is 3.83. The van der Waals surface area contributed by atoms with Crippen LogP contribution in [0.5, 0.6) is 0 Å². The number of H-pyrrole nitrogens is 1. The Morgan fingerprint density at radius 2 is 2.05 bits per heavy atom. The molecule has 0 aliphatic rings. The fourth-order valence-corrected chi connectivity index (χ4v) is 1.66. The van der Waals surface area contributed by atoms with Crippen LogP contribution < -0.4 is 0 Å². The number of nitrogens with one attached hydrogen (secondary N) is 1. The van der Waals surface area contributed by atoms with Gasteiger partial charge in [0.1, 0.15) is 0 Å². The number of nitriles is 1. The van der Waals surface area contributed by atoms with Crippen molar-refractivity contribution >= 4 is 16.7 Å². The van der Waals surface area contributed by atoms with Crippen LogP contribution in [0.3, 0.4) is 0 Å². The molecule has 0 saturated heterocycles. The normalized spacial score (nSPS) is 11.8. The number of alkyl halides is 4. The zero-order valence-corrected chi connectivity index (χ0v) is 9.25. The molecule has 0 aliphatic heterocycles. The first kappa shape index (κ1) is 13.1. The van der Waals surface area contributed by atoms with Crippen molar-refractivity contribution in [3.8, 4) is 6.07 Å². The molecular weight excluding hydrogens is 264 g/mol. The number of hydrogen-bond acceptors (Lipinski definition) is 2. The number of halogens is 4. The molecule has 2 aromatic rings. The van der Waals surface area contributed by atoms with E-state index in [0.717, 1.165) is 6.20 Å². The van der Waals surface area contributed by atoms with Crippen LogP contribution in [-0.4, -0.2) is 23.1 Å². The second kappa shape index (κ2) is 4.39. The van der Waals surface area contributed by atoms with E-state index in [4.69, 9.17) is 5.26 Å². The fraction of sp³-hybridized carbons (Fsp3) is 0.167. The van der Waals surface area contributed by atoms with E-state index in [0.29, 0.717) is 5.52 Å². The predicted octanol–water partition coefficient (Wildman–Crippen LogP) is 3.12. The van der Waals surface area contributed by atoms with Crippen molar-refractivity contribution in [1.29, 1.82) is 5.26 Å². The Bertz CT molecular complexity index is 685. The lowest BCUT2D eigenvalue weighted by molar-refractivity contribution is -0.0957. The van der Waals surface area contributed by atoms with Crippen LogP contribution >= 0.6 is 0 Å². The maximum absolute atomic E-state index is 13.0. The minimum Gasteiger partial charge on any atom is -0.360 e. The molecule has 19 heavy (non-hydrogen) atoms. The van der Waals surface area contributed by atoms with Crippen LogP contribution in [0.4, 0.5) is 17.6 Å². The van der Waals surface area contributed by atoms with Crippen molar-refractivity contribution in [3.63, 3.8) is 0 Å². The van der Waals surface area contributed by atoms with E-state index in [-0.39, 0.29) is 10.9 Å². The van der Waals surface area contributed by atoms with Gasteiger partial charge in [-0.25, -0.2) is 8.78 Å². The van der Waals surface area contributed by atoms with E-state index in [2.05, 4.69) is 4.98 Å². The lowest BCUT2D eigenvalue weighted by Gasteiger charge is -2.12. The highest BCUT2D eigenvalue weighted by Crippen LogP contribution is 2.30. The average molecular weight is 270 g/mol. The van der Waals surface area contributed by atoms with Crippen LogP contribution in [0, 0.1) is 11.3 Å². The molecule has 0 spiro atoms. The highest BCUT2D eigenvalue weighted by atomic mass is 19.3. The van der Waals surface area contributed by atoms with Crippen molar-refractivity contribution in [2.45, 2.75) is 12.3 Å². The van der Waals surface area contributed by atoms with E-state index in [1.54, 1.807) is 6.07 Å². The molecule has 0 amide bonds. The van der Waals surface area contributed by atoms with Gasteiger partial charge in [0.2, 0.25) is 5.78 Å². The van der Waals surface area contributed by atoms with Crippen molar-refractivity contribution in [1.82, 2.24) is 4.98 Å². The Hall–Kier alpha value is -2.36. The highest BCUT2D eigenvalue weighted by molar-refractivity contribution is 6.11. The van der Waals surface area contributed by atoms with Gasteiger partial charge in [-0.15, -0.1) is 0 Å². The summed E-state index contributed by atoms with van der Waals surface area (Å²) in [5, 5.41) is 8.72. The summed E-state index contributed by atoms with van der Waals surface area (Å²) in [6.45, 7) is 0. The van der Waals surface area contributed by atoms with Gasteiger partial charge in [-0.3, -0.25) is 4.79 Å². The van der Waals surface area contributed by atoms with Gasteiger partial charge in [0.25, 0.3) is 0 Å². The quantitative estimate of drug-likeness (QED) is 0.688. The maximum Gasteiger partial charge on any atom is 0.368 e. The van der Waals surface area contributed by atoms with E-state index in [9.17, 15) is 22.4 Å². The molecule has 0 bridgehead atoms. The molecule has 0 fully saturated rings. The molecule has 0 aliphatic carbocycles. The lowest BCUT2D eigenvalue weighted by Crippen LogP contribution is -2.36. The fourth-order valence-electron chi connectivity index (χ4n) is 1.66. The van der Waals surface area contributed by atoms with Crippen LogP contribution in [0.15, 0.2) is 24.4 Å². The number of carbonyl (C=O) groups excluding carboxylic acids is 1. The Kier molecular flexibility index (Phi) is 3.02. The van der Waals surface area contributed by atoms with Crippen LogP contribution in [0.2, 0.25) is 0 Å². The van der Waals surface area contributed by atoms with Gasteiger partial charge in [-0.2, -0.15) is 14.0 Å². The third-order valence-corrected chi connectivity index (χ3v) is 2.63. The Labute approximate surface area is 104 Å². The Balaban J connectivity index is 2.58. The van der Waals surface area contributed by atoms with Crippen molar-refractivity contribution in [2.24, 2.45) is 0 Å². The van der Waals surface area contributed by atoms with E-state index >= 15 is 0 Å². The SMILES string of the molecule is N#Cc1ccc2[nH]cc(C(=O)C(F)(F)C(F)F)c2c1. The Morgan fingerprint density at radius 1 is 1.37 bits per heavy atom. The van der Waals surface area contributed by atoms with Gasteiger partial charge >= 0.3 is 12.3 Å². The molecule has 1 aromatic carbocycles. The first-order valence-electron chi connectivity index (χ1n) is 5.10. The monoisotopic (exact) mass is 270 g/mol. The molecule has 98 valence electrons. The molecule has 1 heterocycles. The third kappa shape index (κ3) is 2.05. The van der Waals surface area contributed by atoms with E-state index < -0.39 is 23.7 Å². The first-order chi connectivity index (χ1) is 8.87. The molecule has 1 N–H and O–H groups in total. The predicted molar refractivity (Wildman–Crippen MR) is 58.3 cm³/mol. The smallest absolute Gasteiger partial charge is 0.360 e. The van der Waals surface area contributed by atoms with Crippen molar-refractivity contribution in [3.05, 3.63) is 35.5 Å². The highest BCUT2D eigenvalue weighted by Gasteiger charge is 2.49. The molecule has 0 atom stereocenters. The summed E-state index contributed by atoms with van der Waals surface area (Å²) in [6, 6.07) is 5.79. The Morgan fingerprint density at radius 3 is 2.63 bits per heavy atom. The van der Waals surface area contributed by atoms with Gasteiger partial charge in [-0.1, -0.05) is 0 Å². The molecule has 0 unspecified atom stereocenters. The number of ketones is 1. The largest absolute Gasteiger partial charge is 0.368 e. The minimum atomic E-state index is -4.75. The molecule has 0 saturated carbocycles. The zero-order valence-electron chi connectivity index (χ0n) is 9.25. The van der Waals surface area contributed by atoms with E-state index in [1.807, 2.05) is 0 Å². The summed E-state index contributed by atoms with van der Waals surface area (Å²) in [5.74, 6) is -6.72. The number of Topliss-reactive ketones (excluding diaryl/α,β-unsaturated/α-hetero) is 1. The molecule has 0 radical (unpaired) electrons. The second-order valence-corrected chi connectivity index (χ2v) is 3.83. The molecule has 1 aromatic heterocycles. The van der Waals surface area contributed by atoms with Crippen molar-refractivity contribution in [2.75, 3.05) is 0 Å². The maximum atomic E-state index is 13.0. The average Bonchev–Trinajstić information content (AvgIpc) is 2.79. The van der Waals surface area contributed by atoms with Gasteiger partial charge in [0, 0.05) is 22.7 Å². The minimum absolute atomic E-state index is 0.0179. The summed E-state index contributed by atoms with van der Waals surface area (Å²) in [7, 11) is 0. The van der Waals surface area contributed by atoms with Gasteiger partial charge < -0.3 is 4.98 Å². The number of rotatable bonds is 3. The van der Waals surface area contributed by atoms with Gasteiger partial charge in [-0.05, 0) is 18.2 Å². The van der Waals surface area contributed by atoms with Gasteiger partial charge in [0.05, 0.1) is 11.6 Å². The standard InChI is InChI=1S/C12H6F4N2O/c13-11(14)12(15,16)10(19)8-5-18-9-2-1-6(4-17)3-7(8)9/h1-3,5,11,18H.